The van der Waals surface area contributed by atoms with E-state index in [2.05, 4.69) is 21.3 Å². The summed E-state index contributed by atoms with van der Waals surface area (Å²) in [6, 6.07) is 17.0. The number of anilines is 2. The lowest BCUT2D eigenvalue weighted by Gasteiger charge is -2.32. The number of amides is 1. The second-order valence-electron chi connectivity index (χ2n) is 7.36. The molecule has 1 aliphatic heterocycles. The summed E-state index contributed by atoms with van der Waals surface area (Å²) in [5.74, 6) is -0.309. The highest BCUT2D eigenvalue weighted by atomic mass is 16.3. The molecule has 2 aromatic carbocycles. The summed E-state index contributed by atoms with van der Waals surface area (Å²) < 4.78 is 0. The molecule has 0 radical (unpaired) electrons. The summed E-state index contributed by atoms with van der Waals surface area (Å²) >= 11 is 0. The van der Waals surface area contributed by atoms with E-state index in [9.17, 15) is 15.2 Å². The van der Waals surface area contributed by atoms with E-state index < -0.39 is 0 Å². The number of fused-ring (bicyclic) bond motifs is 1. The normalized spacial score (nSPS) is 14.6. The SMILES string of the molecule is Cc1cc(C(=O)Nc2ccc(N3CCC(O)CC3)c(C#N)c2)nc2ccccc12. The van der Waals surface area contributed by atoms with E-state index >= 15 is 0 Å². The molecule has 0 aliphatic carbocycles. The molecule has 0 bridgehead atoms. The van der Waals surface area contributed by atoms with Gasteiger partial charge in [0.15, 0.2) is 0 Å². The molecule has 6 heteroatoms. The number of hydrogen-bond acceptors (Lipinski definition) is 5. The molecule has 2 heterocycles. The number of nitriles is 1. The number of rotatable bonds is 3. The third-order valence-electron chi connectivity index (χ3n) is 5.34. The molecular formula is C23H22N4O2. The first-order valence-electron chi connectivity index (χ1n) is 9.70. The highest BCUT2D eigenvalue weighted by molar-refractivity contribution is 6.04. The summed E-state index contributed by atoms with van der Waals surface area (Å²) in [6.07, 6.45) is 1.11. The van der Waals surface area contributed by atoms with E-state index in [1.807, 2.05) is 37.3 Å². The van der Waals surface area contributed by atoms with E-state index in [-0.39, 0.29) is 12.0 Å². The Balaban J connectivity index is 1.56. The second kappa shape index (κ2) is 7.90. The first-order valence-corrected chi connectivity index (χ1v) is 9.70. The lowest BCUT2D eigenvalue weighted by atomic mass is 10.0. The predicted octanol–water partition coefficient (Wildman–Crippen LogP) is 3.63. The topological polar surface area (TPSA) is 89.3 Å². The Morgan fingerprint density at radius 3 is 2.72 bits per heavy atom. The van der Waals surface area contributed by atoms with Gasteiger partial charge in [-0.25, -0.2) is 4.98 Å². The largest absolute Gasteiger partial charge is 0.393 e. The van der Waals surface area contributed by atoms with Crippen molar-refractivity contribution in [2.75, 3.05) is 23.3 Å². The van der Waals surface area contributed by atoms with Crippen LogP contribution < -0.4 is 10.2 Å². The Morgan fingerprint density at radius 1 is 1.21 bits per heavy atom. The van der Waals surface area contributed by atoms with Crippen LogP contribution >= 0.6 is 0 Å². The van der Waals surface area contributed by atoms with Gasteiger partial charge in [0.2, 0.25) is 0 Å². The molecule has 29 heavy (non-hydrogen) atoms. The molecule has 1 aliphatic rings. The Hall–Kier alpha value is -3.43. The minimum atomic E-state index is -0.309. The highest BCUT2D eigenvalue weighted by Crippen LogP contribution is 2.27. The predicted molar refractivity (Wildman–Crippen MR) is 113 cm³/mol. The third-order valence-corrected chi connectivity index (χ3v) is 5.34. The van der Waals surface area contributed by atoms with Gasteiger partial charge in [0.25, 0.3) is 5.91 Å². The van der Waals surface area contributed by atoms with E-state index in [1.54, 1.807) is 18.2 Å². The zero-order chi connectivity index (χ0) is 20.4. The summed E-state index contributed by atoms with van der Waals surface area (Å²) in [5, 5.41) is 23.1. The summed E-state index contributed by atoms with van der Waals surface area (Å²) in [7, 11) is 0. The Morgan fingerprint density at radius 2 is 1.97 bits per heavy atom. The van der Waals surface area contributed by atoms with E-state index in [0.717, 1.165) is 22.2 Å². The van der Waals surface area contributed by atoms with Crippen molar-refractivity contribution < 1.29 is 9.90 Å². The fourth-order valence-corrected chi connectivity index (χ4v) is 3.75. The number of aliphatic hydroxyl groups excluding tert-OH is 1. The number of nitrogens with zero attached hydrogens (tertiary/aromatic N) is 3. The lowest BCUT2D eigenvalue weighted by Crippen LogP contribution is -2.36. The van der Waals surface area contributed by atoms with Crippen molar-refractivity contribution >= 4 is 28.2 Å². The van der Waals surface area contributed by atoms with Gasteiger partial charge in [-0.05, 0) is 55.7 Å². The van der Waals surface area contributed by atoms with E-state index in [4.69, 9.17) is 0 Å². The molecule has 146 valence electrons. The number of hydrogen-bond donors (Lipinski definition) is 2. The van der Waals surface area contributed by atoms with Crippen LogP contribution in [0.2, 0.25) is 0 Å². The summed E-state index contributed by atoms with van der Waals surface area (Å²) in [4.78, 5) is 19.3. The van der Waals surface area contributed by atoms with Crippen LogP contribution in [0.5, 0.6) is 0 Å². The van der Waals surface area contributed by atoms with Gasteiger partial charge in [0.1, 0.15) is 11.8 Å². The highest BCUT2D eigenvalue weighted by Gasteiger charge is 2.20. The standard InChI is InChI=1S/C23H22N4O2/c1-15-12-21(26-20-5-3-2-4-19(15)20)23(29)25-17-6-7-22(16(13-17)14-24)27-10-8-18(28)9-11-27/h2-7,12-13,18,28H,8-11H2,1H3,(H,25,29). The van der Waals surface area contributed by atoms with Crippen LogP contribution in [0.1, 0.15) is 34.5 Å². The maximum Gasteiger partial charge on any atom is 0.274 e. The monoisotopic (exact) mass is 386 g/mol. The van der Waals surface area contributed by atoms with Gasteiger partial charge in [-0.1, -0.05) is 18.2 Å². The minimum Gasteiger partial charge on any atom is -0.393 e. The van der Waals surface area contributed by atoms with Crippen LogP contribution in [0, 0.1) is 18.3 Å². The fraction of sp³-hybridized carbons (Fsp3) is 0.261. The molecular weight excluding hydrogens is 364 g/mol. The fourth-order valence-electron chi connectivity index (χ4n) is 3.75. The zero-order valence-electron chi connectivity index (χ0n) is 16.2. The van der Waals surface area contributed by atoms with Gasteiger partial charge in [0.05, 0.1) is 22.9 Å². The molecule has 0 atom stereocenters. The quantitative estimate of drug-likeness (QED) is 0.717. The number of carbonyl (C=O) groups excluding carboxylic acids is 1. The number of aryl methyl sites for hydroxylation is 1. The molecule has 1 saturated heterocycles. The molecule has 4 rings (SSSR count). The Bertz CT molecular complexity index is 1110. The molecule has 0 unspecified atom stereocenters. The van der Waals surface area contributed by atoms with Gasteiger partial charge >= 0.3 is 0 Å². The zero-order valence-corrected chi connectivity index (χ0v) is 16.2. The van der Waals surface area contributed by atoms with Crippen molar-refractivity contribution in [2.45, 2.75) is 25.9 Å². The minimum absolute atomic E-state index is 0.270. The van der Waals surface area contributed by atoms with Crippen LogP contribution in [-0.2, 0) is 0 Å². The van der Waals surface area contributed by atoms with Gasteiger partial charge < -0.3 is 15.3 Å². The van der Waals surface area contributed by atoms with Gasteiger partial charge in [-0.15, -0.1) is 0 Å². The van der Waals surface area contributed by atoms with Crippen molar-refractivity contribution in [1.29, 1.82) is 5.26 Å². The van der Waals surface area contributed by atoms with Crippen molar-refractivity contribution in [3.63, 3.8) is 0 Å². The van der Waals surface area contributed by atoms with Crippen LogP contribution in [-0.4, -0.2) is 35.2 Å². The van der Waals surface area contributed by atoms with Crippen molar-refractivity contribution in [3.05, 3.63) is 65.4 Å². The maximum atomic E-state index is 12.7. The number of carbonyl (C=O) groups is 1. The number of piperidine rings is 1. The molecule has 2 N–H and O–H groups in total. The van der Waals surface area contributed by atoms with Crippen LogP contribution in [0.3, 0.4) is 0 Å². The van der Waals surface area contributed by atoms with Crippen LogP contribution in [0.15, 0.2) is 48.5 Å². The molecule has 3 aromatic rings. The first-order chi connectivity index (χ1) is 14.0. The van der Waals surface area contributed by atoms with Crippen molar-refractivity contribution in [2.24, 2.45) is 0 Å². The number of nitrogens with one attached hydrogen (secondary N) is 1. The molecule has 6 nitrogen and oxygen atoms in total. The molecule has 0 saturated carbocycles. The van der Waals surface area contributed by atoms with Crippen molar-refractivity contribution in [1.82, 2.24) is 4.98 Å². The van der Waals surface area contributed by atoms with E-state index in [0.29, 0.717) is 42.9 Å². The number of para-hydroxylation sites is 1. The number of pyridine rings is 1. The Labute approximate surface area is 169 Å². The molecule has 1 fully saturated rings. The van der Waals surface area contributed by atoms with E-state index in [1.165, 1.54) is 0 Å². The smallest absolute Gasteiger partial charge is 0.274 e. The summed E-state index contributed by atoms with van der Waals surface area (Å²) in [5.41, 5.74) is 3.99. The first kappa shape index (κ1) is 18.9. The number of benzene rings is 2. The average Bonchev–Trinajstić information content (AvgIpc) is 2.74. The number of aromatic nitrogens is 1. The maximum absolute atomic E-state index is 12.7. The van der Waals surface area contributed by atoms with Gasteiger partial charge in [-0.3, -0.25) is 4.79 Å². The van der Waals surface area contributed by atoms with Gasteiger partial charge in [0, 0.05) is 24.2 Å². The van der Waals surface area contributed by atoms with Crippen molar-refractivity contribution in [3.8, 4) is 6.07 Å². The molecule has 1 aromatic heterocycles. The van der Waals surface area contributed by atoms with Crippen LogP contribution in [0.4, 0.5) is 11.4 Å². The lowest BCUT2D eigenvalue weighted by molar-refractivity contribution is 0.102. The average molecular weight is 386 g/mol. The van der Waals surface area contributed by atoms with Gasteiger partial charge in [-0.2, -0.15) is 5.26 Å². The second-order valence-corrected chi connectivity index (χ2v) is 7.36. The number of aliphatic hydroxyl groups is 1. The third kappa shape index (κ3) is 3.91. The molecule has 1 amide bonds. The summed E-state index contributed by atoms with van der Waals surface area (Å²) in [6.45, 7) is 3.38. The van der Waals surface area contributed by atoms with Crippen LogP contribution in [0.25, 0.3) is 10.9 Å². The molecule has 0 spiro atoms. The Kier molecular flexibility index (Phi) is 5.15.